The number of aromatic nitrogens is 3. The van der Waals surface area contributed by atoms with Crippen LogP contribution in [0.2, 0.25) is 5.02 Å². The topological polar surface area (TPSA) is 59.8 Å². The Labute approximate surface area is 171 Å². The Bertz CT molecular complexity index is 1190. The van der Waals surface area contributed by atoms with E-state index in [4.69, 9.17) is 11.6 Å². The average Bonchev–Trinajstić information content (AvgIpc) is 3.16. The first-order valence-corrected chi connectivity index (χ1v) is 9.25. The van der Waals surface area contributed by atoms with E-state index in [2.05, 4.69) is 15.4 Å². The van der Waals surface area contributed by atoms with Crippen molar-refractivity contribution in [1.82, 2.24) is 14.8 Å². The maximum absolute atomic E-state index is 13.9. The largest absolute Gasteiger partial charge is 0.317 e. The molecule has 1 heterocycles. The summed E-state index contributed by atoms with van der Waals surface area (Å²) in [6, 6.07) is 20.7. The molecule has 0 atom stereocenters. The van der Waals surface area contributed by atoms with Gasteiger partial charge in [0, 0.05) is 10.6 Å². The van der Waals surface area contributed by atoms with Gasteiger partial charge in [0.05, 0.1) is 11.4 Å². The molecule has 0 saturated heterocycles. The van der Waals surface area contributed by atoms with Crippen molar-refractivity contribution in [2.24, 2.45) is 0 Å². The molecule has 0 fully saturated rings. The zero-order chi connectivity index (χ0) is 20.4. The summed E-state index contributed by atoms with van der Waals surface area (Å²) >= 11 is 6.13. The normalized spacial score (nSPS) is 10.7. The molecule has 0 aliphatic rings. The molecule has 4 rings (SSSR count). The second-order valence-corrected chi connectivity index (χ2v) is 6.89. The van der Waals surface area contributed by atoms with Crippen molar-refractivity contribution in [2.75, 3.05) is 5.32 Å². The SMILES string of the molecule is Cc1ccc(-n2nc(C(=O)Nc3ccccc3F)nc2-c2cccc(Cl)c2)cc1. The van der Waals surface area contributed by atoms with Gasteiger partial charge < -0.3 is 5.32 Å². The van der Waals surface area contributed by atoms with Crippen molar-refractivity contribution in [3.63, 3.8) is 0 Å². The van der Waals surface area contributed by atoms with Crippen LogP contribution in [-0.4, -0.2) is 20.7 Å². The van der Waals surface area contributed by atoms with Crippen molar-refractivity contribution >= 4 is 23.2 Å². The van der Waals surface area contributed by atoms with Gasteiger partial charge in [0.15, 0.2) is 5.82 Å². The lowest BCUT2D eigenvalue weighted by Crippen LogP contribution is -2.15. The zero-order valence-electron chi connectivity index (χ0n) is 15.4. The lowest BCUT2D eigenvalue weighted by Gasteiger charge is -2.06. The first-order chi connectivity index (χ1) is 14.0. The van der Waals surface area contributed by atoms with Crippen LogP contribution in [0, 0.1) is 12.7 Å². The summed E-state index contributed by atoms with van der Waals surface area (Å²) in [5, 5.41) is 7.42. The predicted octanol–water partition coefficient (Wildman–Crippen LogP) is 5.29. The molecular weight excluding hydrogens is 391 g/mol. The van der Waals surface area contributed by atoms with Gasteiger partial charge in [-0.25, -0.2) is 14.1 Å². The van der Waals surface area contributed by atoms with E-state index >= 15 is 0 Å². The molecule has 1 aromatic heterocycles. The Kier molecular flexibility index (Phi) is 5.10. The number of nitrogens with zero attached hydrogens (tertiary/aromatic N) is 3. The smallest absolute Gasteiger partial charge is 0.295 e. The van der Waals surface area contributed by atoms with Crippen LogP contribution in [0.15, 0.2) is 72.8 Å². The third kappa shape index (κ3) is 4.02. The Morgan fingerprint density at radius 2 is 1.79 bits per heavy atom. The van der Waals surface area contributed by atoms with Crippen LogP contribution in [0.25, 0.3) is 17.1 Å². The summed E-state index contributed by atoms with van der Waals surface area (Å²) in [5.74, 6) is -0.767. The van der Waals surface area contributed by atoms with E-state index in [1.165, 1.54) is 12.1 Å². The molecule has 3 aromatic carbocycles. The minimum atomic E-state index is -0.607. The number of hydrogen-bond donors (Lipinski definition) is 1. The van der Waals surface area contributed by atoms with Crippen molar-refractivity contribution in [2.45, 2.75) is 6.92 Å². The Balaban J connectivity index is 1.78. The number of benzene rings is 3. The summed E-state index contributed by atoms with van der Waals surface area (Å²) in [7, 11) is 0. The lowest BCUT2D eigenvalue weighted by molar-refractivity contribution is 0.101. The van der Waals surface area contributed by atoms with Crippen LogP contribution < -0.4 is 5.32 Å². The summed E-state index contributed by atoms with van der Waals surface area (Å²) in [4.78, 5) is 17.1. The van der Waals surface area contributed by atoms with Crippen LogP contribution in [0.5, 0.6) is 0 Å². The molecule has 0 radical (unpaired) electrons. The number of anilines is 1. The molecule has 7 heteroatoms. The van der Waals surface area contributed by atoms with Crippen molar-refractivity contribution < 1.29 is 9.18 Å². The zero-order valence-corrected chi connectivity index (χ0v) is 16.2. The first-order valence-electron chi connectivity index (χ1n) is 8.87. The number of hydrogen-bond acceptors (Lipinski definition) is 3. The number of carbonyl (C=O) groups excluding carboxylic acids is 1. The molecule has 1 N–H and O–H groups in total. The van der Waals surface area contributed by atoms with Crippen molar-refractivity contribution in [3.8, 4) is 17.1 Å². The van der Waals surface area contributed by atoms with E-state index in [-0.39, 0.29) is 11.5 Å². The van der Waals surface area contributed by atoms with Crippen molar-refractivity contribution in [1.29, 1.82) is 0 Å². The average molecular weight is 407 g/mol. The van der Waals surface area contributed by atoms with Crippen LogP contribution in [-0.2, 0) is 0 Å². The van der Waals surface area contributed by atoms with Gasteiger partial charge in [-0.3, -0.25) is 4.79 Å². The quantitative estimate of drug-likeness (QED) is 0.501. The number of carbonyl (C=O) groups is 1. The predicted molar refractivity (Wildman–Crippen MR) is 111 cm³/mol. The summed E-state index contributed by atoms with van der Waals surface area (Å²) in [6.45, 7) is 1.98. The summed E-state index contributed by atoms with van der Waals surface area (Å²) in [5.41, 5.74) is 2.60. The third-order valence-electron chi connectivity index (χ3n) is 4.29. The second-order valence-electron chi connectivity index (χ2n) is 6.45. The molecule has 0 unspecified atom stereocenters. The summed E-state index contributed by atoms with van der Waals surface area (Å²) in [6.07, 6.45) is 0. The molecule has 144 valence electrons. The molecule has 29 heavy (non-hydrogen) atoms. The van der Waals surface area contributed by atoms with Gasteiger partial charge in [-0.15, -0.1) is 5.10 Å². The Morgan fingerprint density at radius 1 is 1.03 bits per heavy atom. The van der Waals surface area contributed by atoms with Gasteiger partial charge in [0.2, 0.25) is 5.82 Å². The highest BCUT2D eigenvalue weighted by atomic mass is 35.5. The molecule has 1 amide bonds. The van der Waals surface area contributed by atoms with Gasteiger partial charge in [-0.05, 0) is 43.3 Å². The number of halogens is 2. The maximum atomic E-state index is 13.9. The molecule has 4 aromatic rings. The number of aryl methyl sites for hydroxylation is 1. The van der Waals surface area contributed by atoms with Gasteiger partial charge in [-0.2, -0.15) is 0 Å². The fourth-order valence-corrected chi connectivity index (χ4v) is 3.02. The standard InChI is InChI=1S/C22H16ClFN4O/c1-14-9-11-17(12-10-14)28-21(15-5-4-6-16(23)13-15)26-20(27-28)22(29)25-19-8-3-2-7-18(19)24/h2-13H,1H3,(H,25,29). The highest BCUT2D eigenvalue weighted by molar-refractivity contribution is 6.30. The van der Waals surface area contributed by atoms with E-state index in [0.717, 1.165) is 11.3 Å². The summed E-state index contributed by atoms with van der Waals surface area (Å²) < 4.78 is 15.5. The third-order valence-corrected chi connectivity index (χ3v) is 4.53. The fraction of sp³-hybridized carbons (Fsp3) is 0.0455. The van der Waals surface area contributed by atoms with Crippen LogP contribution >= 0.6 is 11.6 Å². The fourth-order valence-electron chi connectivity index (χ4n) is 2.83. The number of nitrogens with one attached hydrogen (secondary N) is 1. The Hall–Kier alpha value is -3.51. The molecular formula is C22H16ClFN4O. The van der Waals surface area contributed by atoms with Crippen LogP contribution in [0.3, 0.4) is 0 Å². The van der Waals surface area contributed by atoms with Gasteiger partial charge >= 0.3 is 0 Å². The molecule has 0 saturated carbocycles. The molecule has 0 aliphatic heterocycles. The highest BCUT2D eigenvalue weighted by Crippen LogP contribution is 2.24. The number of para-hydroxylation sites is 1. The minimum Gasteiger partial charge on any atom is -0.317 e. The van der Waals surface area contributed by atoms with E-state index in [1.54, 1.807) is 35.0 Å². The molecule has 0 spiro atoms. The van der Waals surface area contributed by atoms with Gasteiger partial charge in [0.25, 0.3) is 5.91 Å². The van der Waals surface area contributed by atoms with E-state index in [9.17, 15) is 9.18 Å². The first kappa shape index (κ1) is 18.8. The van der Waals surface area contributed by atoms with Crippen LogP contribution in [0.4, 0.5) is 10.1 Å². The molecule has 0 aliphatic carbocycles. The number of amides is 1. The second kappa shape index (κ2) is 7.85. The van der Waals surface area contributed by atoms with Crippen molar-refractivity contribution in [3.05, 3.63) is 95.0 Å². The Morgan fingerprint density at radius 3 is 2.52 bits per heavy atom. The monoisotopic (exact) mass is 406 g/mol. The van der Waals surface area contributed by atoms with E-state index in [0.29, 0.717) is 16.4 Å². The van der Waals surface area contributed by atoms with E-state index < -0.39 is 11.7 Å². The minimum absolute atomic E-state index is 0.0634. The highest BCUT2D eigenvalue weighted by Gasteiger charge is 2.20. The number of rotatable bonds is 4. The molecule has 0 bridgehead atoms. The molecule has 5 nitrogen and oxygen atoms in total. The van der Waals surface area contributed by atoms with Gasteiger partial charge in [-0.1, -0.05) is 53.6 Å². The van der Waals surface area contributed by atoms with Crippen LogP contribution in [0.1, 0.15) is 16.2 Å². The van der Waals surface area contributed by atoms with E-state index in [1.807, 2.05) is 37.3 Å². The maximum Gasteiger partial charge on any atom is 0.295 e. The van der Waals surface area contributed by atoms with Gasteiger partial charge in [0.1, 0.15) is 5.82 Å². The lowest BCUT2D eigenvalue weighted by atomic mass is 10.2.